The number of likely N-dealkylation sites (tertiary alicyclic amines) is 1. The van der Waals surface area contributed by atoms with Gasteiger partial charge in [-0.15, -0.1) is 13.2 Å². The molecule has 394 valence electrons. The van der Waals surface area contributed by atoms with Crippen LogP contribution in [0.3, 0.4) is 0 Å². The van der Waals surface area contributed by atoms with Crippen molar-refractivity contribution in [3.63, 3.8) is 0 Å². The van der Waals surface area contributed by atoms with Crippen molar-refractivity contribution in [1.82, 2.24) is 29.7 Å². The van der Waals surface area contributed by atoms with Crippen LogP contribution in [0.4, 0.5) is 28.9 Å². The molecule has 2 unspecified atom stereocenters. The summed E-state index contributed by atoms with van der Waals surface area (Å²) < 4.78 is 77.3. The minimum Gasteiger partial charge on any atom is -0.493 e. The number of nitrogens with one attached hydrogen (secondary N) is 3. The Morgan fingerprint density at radius 3 is 2.39 bits per heavy atom. The molecule has 2 saturated heterocycles. The maximum atomic E-state index is 15.6. The number of rotatable bonds is 14. The molecule has 1 saturated carbocycles. The SMILES string of the molecule is COc1cc2c(Oc3ccc(NC(=O)c4c(C)n(C)c5ccc(OC(F)(F)F)cc5c4=O)cc3F)ncnc2cc1OCCCC(=O)N1CCC2(CC1)CC2C(=O)Nc1ccc2c(c1)CN(C1CCC(=O)NC1=O)C2=O. The number of alkyl halides is 3. The standard InChI is InChI=1S/C53H48F4N8O11/c1-27-45(46(68)34-21-31(76-53(55,56)57)8-10-38(34)63(27)2)49(71)61-30-7-12-40(36(54)20-30)75-50-33-22-41(73-3)42(23-37(33)58-26-59-50)74-18-4-5-44(67)64-16-14-52(15-17-64)24-35(52)47(69)60-29-6-9-32-28(19-29)25-65(51(32)72)39-11-13-43(66)62-48(39)70/h6-10,12,19-23,26,35,39H,4-5,11,13-18,24-25H2,1-3H3,(H,60,69)(H,61,71)(H,62,66,70). The Hall–Kier alpha value is -8.63. The van der Waals surface area contributed by atoms with E-state index in [1.807, 2.05) is 4.90 Å². The highest BCUT2D eigenvalue weighted by Gasteiger charge is 2.58. The van der Waals surface area contributed by atoms with Crippen LogP contribution in [0.25, 0.3) is 21.8 Å². The van der Waals surface area contributed by atoms with E-state index in [9.17, 15) is 46.7 Å². The Balaban J connectivity index is 0.702. The maximum Gasteiger partial charge on any atom is 0.573 e. The number of hydrogen-bond donors (Lipinski definition) is 3. The Labute approximate surface area is 429 Å². The summed E-state index contributed by atoms with van der Waals surface area (Å²) in [5.41, 5.74) is 1.06. The van der Waals surface area contributed by atoms with Gasteiger partial charge in [-0.05, 0) is 105 Å². The van der Waals surface area contributed by atoms with Gasteiger partial charge in [-0.25, -0.2) is 14.4 Å². The number of fused-ring (bicyclic) bond motifs is 3. The van der Waals surface area contributed by atoms with Crippen LogP contribution in [0.1, 0.15) is 76.9 Å². The Morgan fingerprint density at radius 2 is 1.66 bits per heavy atom. The molecule has 10 rings (SSSR count). The van der Waals surface area contributed by atoms with Crippen LogP contribution in [0, 0.1) is 24.1 Å². The summed E-state index contributed by atoms with van der Waals surface area (Å²) in [6.45, 7) is 2.88. The number of anilines is 2. The number of methoxy groups -OCH3 is 1. The molecule has 3 aliphatic heterocycles. The van der Waals surface area contributed by atoms with Crippen LogP contribution in [-0.4, -0.2) is 99.0 Å². The first-order valence-electron chi connectivity index (χ1n) is 24.3. The minimum atomic E-state index is -5.01. The molecule has 4 aliphatic rings. The molecule has 0 radical (unpaired) electrons. The molecule has 4 aromatic carbocycles. The lowest BCUT2D eigenvalue weighted by atomic mass is 9.90. The number of nitrogens with zero attached hydrogens (tertiary/aromatic N) is 5. The number of carbonyl (C=O) groups is 6. The fourth-order valence-electron chi connectivity index (χ4n) is 10.4. The summed E-state index contributed by atoms with van der Waals surface area (Å²) in [5, 5.41) is 7.92. The molecular weight excluding hydrogens is 1000 g/mol. The number of benzene rings is 4. The molecule has 19 nitrogen and oxygen atoms in total. The predicted molar refractivity (Wildman–Crippen MR) is 263 cm³/mol. The van der Waals surface area contributed by atoms with Crippen LogP contribution in [-0.2, 0) is 32.8 Å². The van der Waals surface area contributed by atoms with Crippen molar-refractivity contribution in [2.24, 2.45) is 18.4 Å². The van der Waals surface area contributed by atoms with E-state index in [2.05, 4.69) is 30.7 Å². The van der Waals surface area contributed by atoms with Crippen molar-refractivity contribution < 1.29 is 65.3 Å². The van der Waals surface area contributed by atoms with Gasteiger partial charge in [0.1, 0.15) is 23.7 Å². The highest BCUT2D eigenvalue weighted by Crippen LogP contribution is 2.59. The summed E-state index contributed by atoms with van der Waals surface area (Å²) in [5.74, 6) is -3.70. The van der Waals surface area contributed by atoms with Gasteiger partial charge in [0.15, 0.2) is 23.1 Å². The Kier molecular flexibility index (Phi) is 13.3. The normalized spacial score (nSPS) is 17.9. The van der Waals surface area contributed by atoms with Gasteiger partial charge in [0.25, 0.3) is 11.8 Å². The summed E-state index contributed by atoms with van der Waals surface area (Å²) in [4.78, 5) is 103. The molecule has 6 amide bonds. The third kappa shape index (κ3) is 10.0. The smallest absolute Gasteiger partial charge is 0.493 e. The number of amides is 6. The van der Waals surface area contributed by atoms with Gasteiger partial charge in [0, 0.05) is 80.2 Å². The first kappa shape index (κ1) is 50.9. The van der Waals surface area contributed by atoms with Crippen LogP contribution in [0.5, 0.6) is 28.9 Å². The predicted octanol–water partition coefficient (Wildman–Crippen LogP) is 7.07. The topological polar surface area (TPSA) is 230 Å². The number of hydrogen-bond acceptors (Lipinski definition) is 13. The van der Waals surface area contributed by atoms with Crippen molar-refractivity contribution in [2.75, 3.05) is 37.4 Å². The van der Waals surface area contributed by atoms with Crippen molar-refractivity contribution in [3.05, 3.63) is 111 Å². The van der Waals surface area contributed by atoms with Crippen LogP contribution < -0.4 is 40.3 Å². The van der Waals surface area contributed by atoms with Gasteiger partial charge < -0.3 is 43.9 Å². The largest absolute Gasteiger partial charge is 0.573 e. The van der Waals surface area contributed by atoms with Crippen molar-refractivity contribution >= 4 is 68.6 Å². The van der Waals surface area contributed by atoms with E-state index in [0.717, 1.165) is 18.2 Å². The number of halogens is 4. The first-order valence-corrected chi connectivity index (χ1v) is 24.3. The van der Waals surface area contributed by atoms with Crippen LogP contribution in [0.2, 0.25) is 0 Å². The van der Waals surface area contributed by atoms with Gasteiger partial charge in [-0.2, -0.15) is 0 Å². The van der Waals surface area contributed by atoms with Gasteiger partial charge in [0.2, 0.25) is 34.9 Å². The lowest BCUT2D eigenvalue weighted by Crippen LogP contribution is -2.52. The first-order chi connectivity index (χ1) is 36.3. The lowest BCUT2D eigenvalue weighted by Gasteiger charge is -2.33. The third-order valence-electron chi connectivity index (χ3n) is 14.6. The maximum absolute atomic E-state index is 15.6. The molecule has 6 aromatic rings. The van der Waals surface area contributed by atoms with Crippen LogP contribution in [0.15, 0.2) is 77.9 Å². The van der Waals surface area contributed by atoms with E-state index in [0.29, 0.717) is 72.2 Å². The summed E-state index contributed by atoms with van der Waals surface area (Å²) in [6, 6.07) is 14.2. The van der Waals surface area contributed by atoms with Gasteiger partial charge >= 0.3 is 6.36 Å². The van der Waals surface area contributed by atoms with Gasteiger partial charge in [-0.3, -0.25) is 38.9 Å². The molecule has 1 aliphatic carbocycles. The monoisotopic (exact) mass is 1050 g/mol. The molecule has 0 bridgehead atoms. The molecule has 76 heavy (non-hydrogen) atoms. The van der Waals surface area contributed by atoms with Crippen LogP contribution >= 0.6 is 0 Å². The number of piperidine rings is 2. The third-order valence-corrected chi connectivity index (χ3v) is 14.6. The number of carbonyl (C=O) groups excluding carboxylic acids is 6. The molecule has 1 spiro atoms. The molecular formula is C53H48F4N8O11. The molecule has 2 aromatic heterocycles. The zero-order valence-corrected chi connectivity index (χ0v) is 41.1. The number of ether oxygens (including phenoxy) is 4. The van der Waals surface area contributed by atoms with Crippen molar-refractivity contribution in [1.29, 1.82) is 0 Å². The number of aryl methyl sites for hydroxylation is 1. The zero-order valence-electron chi connectivity index (χ0n) is 41.1. The highest BCUT2D eigenvalue weighted by molar-refractivity contribution is 6.07. The second-order valence-corrected chi connectivity index (χ2v) is 19.2. The quantitative estimate of drug-likeness (QED) is 0.0564. The number of imide groups is 1. The summed E-state index contributed by atoms with van der Waals surface area (Å²) in [7, 11) is 2.96. The molecule has 3 fully saturated rings. The Bertz CT molecular complexity index is 3490. The van der Waals surface area contributed by atoms with E-state index in [1.54, 1.807) is 30.3 Å². The fourth-order valence-corrected chi connectivity index (χ4v) is 10.4. The van der Waals surface area contributed by atoms with Gasteiger partial charge in [0.05, 0.1) is 35.5 Å². The van der Waals surface area contributed by atoms with E-state index in [1.165, 1.54) is 55.1 Å². The fraction of sp³-hybridized carbons (Fsp3) is 0.340. The second-order valence-electron chi connectivity index (χ2n) is 19.2. The lowest BCUT2D eigenvalue weighted by molar-refractivity contribution is -0.274. The average molecular weight is 1050 g/mol. The minimum absolute atomic E-state index is 0.0347. The van der Waals surface area contributed by atoms with Crippen molar-refractivity contribution in [2.45, 2.75) is 70.8 Å². The van der Waals surface area contributed by atoms with E-state index < -0.39 is 41.2 Å². The van der Waals surface area contributed by atoms with E-state index in [-0.39, 0.29) is 113 Å². The highest BCUT2D eigenvalue weighted by atomic mass is 19.4. The molecule has 5 heterocycles. The summed E-state index contributed by atoms with van der Waals surface area (Å²) >= 11 is 0. The van der Waals surface area contributed by atoms with E-state index >= 15 is 4.39 Å². The summed E-state index contributed by atoms with van der Waals surface area (Å²) in [6.07, 6.45) is -0.704. The molecule has 23 heteroatoms. The van der Waals surface area contributed by atoms with E-state index in [4.69, 9.17) is 14.2 Å². The number of pyridine rings is 1. The average Bonchev–Trinajstić information content (AvgIpc) is 4.05. The molecule has 3 N–H and O–H groups in total. The van der Waals surface area contributed by atoms with Crippen molar-refractivity contribution in [3.8, 4) is 28.9 Å². The number of aromatic nitrogens is 3. The van der Waals surface area contributed by atoms with Gasteiger partial charge in [-0.1, -0.05) is 0 Å². The molecule has 2 atom stereocenters. The second kappa shape index (κ2) is 19.9. The Morgan fingerprint density at radius 1 is 0.895 bits per heavy atom. The zero-order chi connectivity index (χ0) is 53.8.